The van der Waals surface area contributed by atoms with Crippen LogP contribution in [0.1, 0.15) is 71.1 Å². The summed E-state index contributed by atoms with van der Waals surface area (Å²) in [5.41, 5.74) is 0. The first-order valence-electron chi connectivity index (χ1n) is 10.1. The molecule has 5 nitrogen and oxygen atoms in total. The van der Waals surface area contributed by atoms with Gasteiger partial charge in [-0.15, -0.1) is 0 Å². The standard InChI is InChI=1S/C20H38O5/c1-2-3-4-5-6-7-8-9-10-11-12-13-14-24-18-16-25-20(19(18)23)17(22)15-21/h5-6,17-23H,2-4,7-16H2,1H3/b6-5+/t17-,18+,19+,20+/m0/s1. The number of hydrogen-bond donors (Lipinski definition) is 3. The van der Waals surface area contributed by atoms with Crippen LogP contribution in [0.25, 0.3) is 0 Å². The molecule has 1 rings (SSSR count). The third-order valence-corrected chi connectivity index (χ3v) is 4.72. The fourth-order valence-corrected chi connectivity index (χ4v) is 3.07. The number of rotatable bonds is 15. The van der Waals surface area contributed by atoms with Crippen LogP contribution in [0.5, 0.6) is 0 Å². The SMILES string of the molecule is CCCC/C=C/CCCCCCCCO[C@@H]1CO[C@H]([C@@H](O)CO)[C@@H]1O. The smallest absolute Gasteiger partial charge is 0.114 e. The Hall–Kier alpha value is -0.460. The van der Waals surface area contributed by atoms with Crippen LogP contribution in [0.15, 0.2) is 12.2 Å². The summed E-state index contributed by atoms with van der Waals surface area (Å²) in [6.45, 7) is 2.69. The summed E-state index contributed by atoms with van der Waals surface area (Å²) in [5, 5.41) is 28.5. The molecule has 1 fully saturated rings. The zero-order valence-electron chi connectivity index (χ0n) is 15.8. The maximum Gasteiger partial charge on any atom is 0.114 e. The van der Waals surface area contributed by atoms with E-state index in [-0.39, 0.29) is 6.61 Å². The molecule has 0 aromatic carbocycles. The van der Waals surface area contributed by atoms with E-state index >= 15 is 0 Å². The minimum absolute atomic E-state index is 0.272. The van der Waals surface area contributed by atoms with E-state index in [4.69, 9.17) is 14.6 Å². The van der Waals surface area contributed by atoms with Gasteiger partial charge in [-0.3, -0.25) is 0 Å². The van der Waals surface area contributed by atoms with Crippen molar-refractivity contribution in [1.29, 1.82) is 0 Å². The molecule has 0 unspecified atom stereocenters. The van der Waals surface area contributed by atoms with Crippen LogP contribution >= 0.6 is 0 Å². The first kappa shape index (κ1) is 22.6. The molecule has 0 aliphatic carbocycles. The summed E-state index contributed by atoms with van der Waals surface area (Å²) in [4.78, 5) is 0. The fourth-order valence-electron chi connectivity index (χ4n) is 3.07. The van der Waals surface area contributed by atoms with Gasteiger partial charge in [0.15, 0.2) is 0 Å². The third kappa shape index (κ3) is 9.71. The number of allylic oxidation sites excluding steroid dienone is 2. The second-order valence-corrected chi connectivity index (χ2v) is 6.97. The van der Waals surface area contributed by atoms with E-state index in [1.165, 1.54) is 51.4 Å². The zero-order chi connectivity index (χ0) is 18.3. The van der Waals surface area contributed by atoms with Gasteiger partial charge < -0.3 is 24.8 Å². The lowest BCUT2D eigenvalue weighted by molar-refractivity contribution is -0.0730. The lowest BCUT2D eigenvalue weighted by atomic mass is 10.1. The summed E-state index contributed by atoms with van der Waals surface area (Å²) in [6.07, 6.45) is 13.7. The largest absolute Gasteiger partial charge is 0.394 e. The van der Waals surface area contributed by atoms with E-state index in [1.807, 2.05) is 0 Å². The lowest BCUT2D eigenvalue weighted by Crippen LogP contribution is -2.41. The highest BCUT2D eigenvalue weighted by Gasteiger charge is 2.40. The lowest BCUT2D eigenvalue weighted by Gasteiger charge is -2.20. The minimum Gasteiger partial charge on any atom is -0.394 e. The molecule has 4 atom stereocenters. The summed E-state index contributed by atoms with van der Waals surface area (Å²) in [5.74, 6) is 0. The predicted octanol–water partition coefficient (Wildman–Crippen LogP) is 2.96. The molecule has 0 saturated carbocycles. The van der Waals surface area contributed by atoms with E-state index in [0.29, 0.717) is 6.61 Å². The van der Waals surface area contributed by atoms with Crippen molar-refractivity contribution < 1.29 is 24.8 Å². The second kappa shape index (κ2) is 14.7. The molecular formula is C20H38O5. The van der Waals surface area contributed by atoms with Gasteiger partial charge in [0, 0.05) is 6.61 Å². The Labute approximate surface area is 153 Å². The van der Waals surface area contributed by atoms with Crippen molar-refractivity contribution in [3.05, 3.63) is 12.2 Å². The minimum atomic E-state index is -1.05. The van der Waals surface area contributed by atoms with Crippen LogP contribution in [0, 0.1) is 0 Å². The Morgan fingerprint density at radius 2 is 1.68 bits per heavy atom. The van der Waals surface area contributed by atoms with Crippen LogP contribution in [0.4, 0.5) is 0 Å². The summed E-state index contributed by atoms with van der Waals surface area (Å²) in [7, 11) is 0. The summed E-state index contributed by atoms with van der Waals surface area (Å²) < 4.78 is 11.0. The van der Waals surface area contributed by atoms with Crippen molar-refractivity contribution in [3.63, 3.8) is 0 Å². The summed E-state index contributed by atoms with van der Waals surface area (Å²) in [6, 6.07) is 0. The number of hydrogen-bond acceptors (Lipinski definition) is 5. The molecule has 0 bridgehead atoms. The number of aliphatic hydroxyl groups is 3. The van der Waals surface area contributed by atoms with Gasteiger partial charge in [-0.1, -0.05) is 57.6 Å². The highest BCUT2D eigenvalue weighted by atomic mass is 16.6. The van der Waals surface area contributed by atoms with Crippen molar-refractivity contribution in [1.82, 2.24) is 0 Å². The molecule has 3 N–H and O–H groups in total. The highest BCUT2D eigenvalue weighted by molar-refractivity contribution is 4.88. The van der Waals surface area contributed by atoms with E-state index in [2.05, 4.69) is 19.1 Å². The van der Waals surface area contributed by atoms with Crippen LogP contribution in [-0.2, 0) is 9.47 Å². The van der Waals surface area contributed by atoms with Gasteiger partial charge in [0.2, 0.25) is 0 Å². The average molecular weight is 359 g/mol. The number of ether oxygens (including phenoxy) is 2. The van der Waals surface area contributed by atoms with Gasteiger partial charge in [0.05, 0.1) is 13.2 Å². The van der Waals surface area contributed by atoms with Crippen molar-refractivity contribution >= 4 is 0 Å². The molecule has 0 amide bonds. The van der Waals surface area contributed by atoms with Gasteiger partial charge >= 0.3 is 0 Å². The quantitative estimate of drug-likeness (QED) is 0.310. The highest BCUT2D eigenvalue weighted by Crippen LogP contribution is 2.20. The van der Waals surface area contributed by atoms with Crippen molar-refractivity contribution in [2.75, 3.05) is 19.8 Å². The Morgan fingerprint density at radius 1 is 1.04 bits per heavy atom. The molecular weight excluding hydrogens is 320 g/mol. The van der Waals surface area contributed by atoms with Crippen molar-refractivity contribution in [2.45, 2.75) is 95.5 Å². The monoisotopic (exact) mass is 358 g/mol. The Morgan fingerprint density at radius 3 is 2.36 bits per heavy atom. The first-order chi connectivity index (χ1) is 12.2. The van der Waals surface area contributed by atoms with Gasteiger partial charge in [-0.2, -0.15) is 0 Å². The van der Waals surface area contributed by atoms with Gasteiger partial charge in [-0.05, 0) is 25.7 Å². The van der Waals surface area contributed by atoms with E-state index in [1.54, 1.807) is 0 Å². The van der Waals surface area contributed by atoms with Gasteiger partial charge in [-0.25, -0.2) is 0 Å². The van der Waals surface area contributed by atoms with Crippen molar-refractivity contribution in [2.24, 2.45) is 0 Å². The average Bonchev–Trinajstić information content (AvgIpc) is 2.99. The van der Waals surface area contributed by atoms with Crippen LogP contribution in [0.2, 0.25) is 0 Å². The number of unbranched alkanes of at least 4 members (excludes halogenated alkanes) is 8. The normalized spacial score (nSPS) is 25.0. The Kier molecular flexibility index (Phi) is 13.3. The van der Waals surface area contributed by atoms with Crippen molar-refractivity contribution in [3.8, 4) is 0 Å². The molecule has 0 aromatic rings. The molecule has 1 heterocycles. The zero-order valence-corrected chi connectivity index (χ0v) is 15.8. The van der Waals surface area contributed by atoms with Crippen LogP contribution in [-0.4, -0.2) is 59.6 Å². The van der Waals surface area contributed by atoms with E-state index in [0.717, 1.165) is 12.8 Å². The van der Waals surface area contributed by atoms with Crippen LogP contribution < -0.4 is 0 Å². The van der Waals surface area contributed by atoms with E-state index < -0.39 is 31.0 Å². The molecule has 25 heavy (non-hydrogen) atoms. The second-order valence-electron chi connectivity index (χ2n) is 6.97. The Bertz CT molecular complexity index is 334. The van der Waals surface area contributed by atoms with Gasteiger partial charge in [0.1, 0.15) is 24.4 Å². The fraction of sp³-hybridized carbons (Fsp3) is 0.900. The maximum atomic E-state index is 10.0. The predicted molar refractivity (Wildman–Crippen MR) is 99.6 cm³/mol. The molecule has 1 saturated heterocycles. The number of aliphatic hydroxyl groups excluding tert-OH is 3. The topological polar surface area (TPSA) is 79.2 Å². The maximum absolute atomic E-state index is 10.0. The molecule has 5 heteroatoms. The molecule has 0 spiro atoms. The molecule has 1 aliphatic rings. The third-order valence-electron chi connectivity index (χ3n) is 4.72. The van der Waals surface area contributed by atoms with E-state index in [9.17, 15) is 10.2 Å². The van der Waals surface area contributed by atoms with Crippen LogP contribution in [0.3, 0.4) is 0 Å². The molecule has 0 aromatic heterocycles. The summed E-state index contributed by atoms with van der Waals surface area (Å²) >= 11 is 0. The molecule has 148 valence electrons. The molecule has 1 aliphatic heterocycles. The first-order valence-corrected chi connectivity index (χ1v) is 10.1. The molecule has 0 radical (unpaired) electrons. The van der Waals surface area contributed by atoms with Gasteiger partial charge in [0.25, 0.3) is 0 Å². The Balaban J connectivity index is 1.90.